The van der Waals surface area contributed by atoms with Crippen LogP contribution in [0.2, 0.25) is 0 Å². The normalized spacial score (nSPS) is 29.6. The zero-order chi connectivity index (χ0) is 12.1. The van der Waals surface area contributed by atoms with E-state index < -0.39 is 0 Å². The van der Waals surface area contributed by atoms with E-state index in [0.29, 0.717) is 17.1 Å². The Morgan fingerprint density at radius 2 is 2.00 bits per heavy atom. The molecule has 1 saturated carbocycles. The predicted octanol–water partition coefficient (Wildman–Crippen LogP) is 5.06. The molecule has 1 nitrogen and oxygen atoms in total. The highest BCUT2D eigenvalue weighted by atomic mass is 35.5. The summed E-state index contributed by atoms with van der Waals surface area (Å²) in [6, 6.07) is 0. The molecule has 100 valence electrons. The molecule has 0 bridgehead atoms. The molecule has 0 aromatic rings. The van der Waals surface area contributed by atoms with Gasteiger partial charge in [-0.2, -0.15) is 0 Å². The smallest absolute Gasteiger partial charge is 0.0687 e. The topological polar surface area (TPSA) is 9.23 Å². The van der Waals surface area contributed by atoms with E-state index in [9.17, 15) is 0 Å². The first-order valence-corrected chi connectivity index (χ1v) is 8.00. The minimum Gasteiger partial charge on any atom is -0.372 e. The summed E-state index contributed by atoms with van der Waals surface area (Å²) in [5, 5.41) is 0.375. The minimum absolute atomic E-state index is 0.300. The van der Waals surface area contributed by atoms with Crippen LogP contribution in [0.4, 0.5) is 0 Å². The molecule has 1 heterocycles. The van der Waals surface area contributed by atoms with Crippen molar-refractivity contribution in [3.63, 3.8) is 0 Å². The summed E-state index contributed by atoms with van der Waals surface area (Å²) < 4.78 is 6.36. The van der Waals surface area contributed by atoms with Crippen molar-refractivity contribution in [2.45, 2.75) is 94.6 Å². The zero-order valence-corrected chi connectivity index (χ0v) is 12.0. The summed E-state index contributed by atoms with van der Waals surface area (Å²) in [6.45, 7) is 2.17. The van der Waals surface area contributed by atoms with Crippen LogP contribution in [0.25, 0.3) is 0 Å². The molecule has 1 aliphatic carbocycles. The summed E-state index contributed by atoms with van der Waals surface area (Å²) in [5.41, 5.74) is 0.300. The third-order valence-corrected chi connectivity index (χ3v) is 5.12. The maximum atomic E-state index is 6.36. The summed E-state index contributed by atoms with van der Waals surface area (Å²) in [6.07, 6.45) is 14.7. The molecule has 0 radical (unpaired) electrons. The second kappa shape index (κ2) is 6.43. The highest BCUT2D eigenvalue weighted by Gasteiger charge is 2.40. The van der Waals surface area contributed by atoms with Gasteiger partial charge in [-0.05, 0) is 51.4 Å². The molecule has 17 heavy (non-hydrogen) atoms. The first-order chi connectivity index (χ1) is 8.24. The minimum atomic E-state index is 0.300. The Balaban J connectivity index is 1.67. The van der Waals surface area contributed by atoms with Crippen LogP contribution in [-0.2, 0) is 4.74 Å². The summed E-state index contributed by atoms with van der Waals surface area (Å²) in [4.78, 5) is 0. The fourth-order valence-electron chi connectivity index (χ4n) is 3.43. The Morgan fingerprint density at radius 3 is 2.71 bits per heavy atom. The van der Waals surface area contributed by atoms with Crippen LogP contribution in [0.15, 0.2) is 0 Å². The van der Waals surface area contributed by atoms with E-state index in [0.717, 1.165) is 12.8 Å². The van der Waals surface area contributed by atoms with Gasteiger partial charge < -0.3 is 4.74 Å². The summed E-state index contributed by atoms with van der Waals surface area (Å²) in [7, 11) is 0. The monoisotopic (exact) mass is 258 g/mol. The standard InChI is InChI=1S/C15H27ClO/c1-2-13(16)7-6-8-14-9-12-15(17-14)10-4-3-5-11-15/h13-14H,2-12H2,1H3. The van der Waals surface area contributed by atoms with Crippen LogP contribution in [0.5, 0.6) is 0 Å². The van der Waals surface area contributed by atoms with Gasteiger partial charge in [0.25, 0.3) is 0 Å². The average Bonchev–Trinajstić information content (AvgIpc) is 2.73. The van der Waals surface area contributed by atoms with Crippen molar-refractivity contribution in [3.8, 4) is 0 Å². The van der Waals surface area contributed by atoms with Crippen LogP contribution >= 0.6 is 11.6 Å². The molecule has 2 fully saturated rings. The molecule has 2 atom stereocenters. The summed E-state index contributed by atoms with van der Waals surface area (Å²) in [5.74, 6) is 0. The van der Waals surface area contributed by atoms with E-state index in [-0.39, 0.29) is 0 Å². The molecule has 1 aliphatic heterocycles. The van der Waals surface area contributed by atoms with Gasteiger partial charge >= 0.3 is 0 Å². The van der Waals surface area contributed by atoms with Gasteiger partial charge in [0.15, 0.2) is 0 Å². The predicted molar refractivity (Wildman–Crippen MR) is 73.7 cm³/mol. The fourth-order valence-corrected chi connectivity index (χ4v) is 3.59. The third kappa shape index (κ3) is 3.86. The van der Waals surface area contributed by atoms with E-state index in [1.165, 1.54) is 57.8 Å². The molecule has 0 N–H and O–H groups in total. The molecule has 0 aromatic carbocycles. The molecule has 1 spiro atoms. The van der Waals surface area contributed by atoms with Crippen molar-refractivity contribution in [2.75, 3.05) is 0 Å². The van der Waals surface area contributed by atoms with Crippen LogP contribution in [0, 0.1) is 0 Å². The largest absolute Gasteiger partial charge is 0.372 e. The second-order valence-corrected chi connectivity index (χ2v) is 6.58. The molecular formula is C15H27ClO. The van der Waals surface area contributed by atoms with Gasteiger partial charge in [0.1, 0.15) is 0 Å². The average molecular weight is 259 g/mol. The number of halogens is 1. The Morgan fingerprint density at radius 1 is 1.24 bits per heavy atom. The van der Waals surface area contributed by atoms with Crippen LogP contribution in [0.1, 0.15) is 77.6 Å². The number of rotatable bonds is 5. The molecule has 2 aliphatic rings. The van der Waals surface area contributed by atoms with E-state index in [2.05, 4.69) is 6.92 Å². The van der Waals surface area contributed by atoms with E-state index in [4.69, 9.17) is 16.3 Å². The maximum absolute atomic E-state index is 6.36. The second-order valence-electron chi connectivity index (χ2n) is 5.96. The van der Waals surface area contributed by atoms with Crippen molar-refractivity contribution in [3.05, 3.63) is 0 Å². The highest BCUT2D eigenvalue weighted by Crippen LogP contribution is 2.42. The van der Waals surface area contributed by atoms with Gasteiger partial charge in [0, 0.05) is 5.38 Å². The molecule has 2 rings (SSSR count). The number of hydrogen-bond acceptors (Lipinski definition) is 1. The van der Waals surface area contributed by atoms with Crippen molar-refractivity contribution >= 4 is 11.6 Å². The Bertz CT molecular complexity index is 223. The molecule has 0 aromatic heterocycles. The van der Waals surface area contributed by atoms with Crippen LogP contribution in [-0.4, -0.2) is 17.1 Å². The van der Waals surface area contributed by atoms with Gasteiger partial charge in [-0.1, -0.05) is 26.2 Å². The Labute approximate surface area is 111 Å². The molecule has 2 heteroatoms. The SMILES string of the molecule is CCC(Cl)CCCC1CCC2(CCCCC2)O1. The lowest BCUT2D eigenvalue weighted by molar-refractivity contribution is -0.0660. The van der Waals surface area contributed by atoms with Crippen molar-refractivity contribution in [1.29, 1.82) is 0 Å². The molecular weight excluding hydrogens is 232 g/mol. The number of alkyl halides is 1. The van der Waals surface area contributed by atoms with Crippen molar-refractivity contribution < 1.29 is 4.74 Å². The molecule has 1 saturated heterocycles. The van der Waals surface area contributed by atoms with Crippen LogP contribution in [0.3, 0.4) is 0 Å². The van der Waals surface area contributed by atoms with E-state index in [1.54, 1.807) is 0 Å². The fraction of sp³-hybridized carbons (Fsp3) is 1.00. The first kappa shape index (κ1) is 13.7. The quantitative estimate of drug-likeness (QED) is 0.627. The van der Waals surface area contributed by atoms with Crippen molar-refractivity contribution in [1.82, 2.24) is 0 Å². The van der Waals surface area contributed by atoms with E-state index >= 15 is 0 Å². The van der Waals surface area contributed by atoms with Gasteiger partial charge in [-0.25, -0.2) is 0 Å². The van der Waals surface area contributed by atoms with Gasteiger partial charge in [0.2, 0.25) is 0 Å². The van der Waals surface area contributed by atoms with Gasteiger partial charge in [-0.3, -0.25) is 0 Å². The maximum Gasteiger partial charge on any atom is 0.0687 e. The number of hydrogen-bond donors (Lipinski definition) is 0. The lowest BCUT2D eigenvalue weighted by Gasteiger charge is -2.33. The van der Waals surface area contributed by atoms with E-state index in [1.807, 2.05) is 0 Å². The molecule has 2 unspecified atom stereocenters. The van der Waals surface area contributed by atoms with Crippen molar-refractivity contribution in [2.24, 2.45) is 0 Å². The Hall–Kier alpha value is 0.250. The number of ether oxygens (including phenoxy) is 1. The molecule has 0 amide bonds. The Kier molecular flexibility index (Phi) is 5.17. The third-order valence-electron chi connectivity index (χ3n) is 4.59. The highest BCUT2D eigenvalue weighted by molar-refractivity contribution is 6.20. The zero-order valence-electron chi connectivity index (χ0n) is 11.2. The lowest BCUT2D eigenvalue weighted by Crippen LogP contribution is -2.31. The van der Waals surface area contributed by atoms with Gasteiger partial charge in [0.05, 0.1) is 11.7 Å². The van der Waals surface area contributed by atoms with Crippen LogP contribution < -0.4 is 0 Å². The summed E-state index contributed by atoms with van der Waals surface area (Å²) >= 11 is 6.15. The first-order valence-electron chi connectivity index (χ1n) is 7.56. The van der Waals surface area contributed by atoms with Gasteiger partial charge in [-0.15, -0.1) is 11.6 Å². The lowest BCUT2D eigenvalue weighted by atomic mass is 9.83.